The molecule has 0 fully saturated rings. The van der Waals surface area contributed by atoms with E-state index in [0.717, 1.165) is 27.6 Å². The van der Waals surface area contributed by atoms with Crippen molar-refractivity contribution >= 4 is 38.2 Å². The van der Waals surface area contributed by atoms with Crippen LogP contribution in [0, 0.1) is 5.92 Å². The number of aromatic nitrogens is 1. The molecule has 1 amide bonds. The lowest BCUT2D eigenvalue weighted by atomic mass is 9.96. The lowest BCUT2D eigenvalue weighted by molar-refractivity contribution is -0.0147. The summed E-state index contributed by atoms with van der Waals surface area (Å²) in [5, 5.41) is 12.9. The molecule has 1 N–H and O–H groups in total. The molecule has 5 rings (SSSR count). The molecule has 2 aromatic heterocycles. The first-order valence-corrected chi connectivity index (χ1v) is 15.7. The minimum absolute atomic E-state index is 0.120. The lowest BCUT2D eigenvalue weighted by Crippen LogP contribution is -2.48. The Labute approximate surface area is 239 Å². The van der Waals surface area contributed by atoms with Gasteiger partial charge in [0.1, 0.15) is 9.90 Å². The monoisotopic (exact) mass is 581 g/mol. The molecule has 0 saturated heterocycles. The molecule has 0 spiro atoms. The second-order valence-electron chi connectivity index (χ2n) is 10.5. The first-order chi connectivity index (χ1) is 19.1. The number of aryl methyl sites for hydroxylation is 1. The van der Waals surface area contributed by atoms with Crippen LogP contribution in [0.1, 0.15) is 29.9 Å². The van der Waals surface area contributed by atoms with Crippen molar-refractivity contribution in [3.8, 4) is 11.1 Å². The first kappa shape index (κ1) is 28.5. The van der Waals surface area contributed by atoms with Crippen LogP contribution in [0.3, 0.4) is 0 Å². The molecule has 212 valence electrons. The number of ether oxygens (including phenoxy) is 1. The number of benzene rings is 2. The van der Waals surface area contributed by atoms with Gasteiger partial charge < -0.3 is 19.3 Å². The van der Waals surface area contributed by atoms with Gasteiger partial charge in [-0.3, -0.25) is 4.79 Å². The van der Waals surface area contributed by atoms with Gasteiger partial charge >= 0.3 is 0 Å². The van der Waals surface area contributed by atoms with Gasteiger partial charge in [-0.1, -0.05) is 55.5 Å². The third kappa shape index (κ3) is 5.10. The SMILES string of the molecule is C[C@H]1CN([C@@H](C)CO)C(=O)c2c(c3ccccc3n2C)-c2ccccc2CO[C@@H]1CN(C)S(=O)(=O)c1cccs1. The summed E-state index contributed by atoms with van der Waals surface area (Å²) in [6.07, 6.45) is -0.507. The number of carbonyl (C=O) groups is 1. The van der Waals surface area contributed by atoms with Crippen molar-refractivity contribution in [2.24, 2.45) is 13.0 Å². The fraction of sp³-hybridized carbons (Fsp3) is 0.367. The van der Waals surface area contributed by atoms with Gasteiger partial charge in [0.15, 0.2) is 0 Å². The summed E-state index contributed by atoms with van der Waals surface area (Å²) >= 11 is 1.18. The third-order valence-corrected chi connectivity index (χ3v) is 11.0. The molecule has 0 aliphatic carbocycles. The number of nitrogens with zero attached hydrogens (tertiary/aromatic N) is 3. The van der Waals surface area contributed by atoms with Crippen LogP contribution in [0.5, 0.6) is 0 Å². The number of likely N-dealkylation sites (N-methyl/N-ethyl adjacent to an activating group) is 1. The van der Waals surface area contributed by atoms with Crippen molar-refractivity contribution < 1.29 is 23.1 Å². The molecule has 1 aliphatic heterocycles. The molecule has 40 heavy (non-hydrogen) atoms. The van der Waals surface area contributed by atoms with E-state index in [4.69, 9.17) is 4.74 Å². The Hall–Kier alpha value is -3.02. The zero-order valence-corrected chi connectivity index (χ0v) is 24.8. The normalized spacial score (nSPS) is 19.4. The van der Waals surface area contributed by atoms with E-state index in [1.54, 1.807) is 29.5 Å². The molecule has 0 saturated carbocycles. The molecule has 1 aliphatic rings. The summed E-state index contributed by atoms with van der Waals surface area (Å²) in [6.45, 7) is 4.25. The number of aliphatic hydroxyl groups is 1. The van der Waals surface area contributed by atoms with E-state index < -0.39 is 22.2 Å². The van der Waals surface area contributed by atoms with Crippen LogP contribution in [-0.2, 0) is 28.4 Å². The number of fused-ring (bicyclic) bond motifs is 5. The molecule has 10 heteroatoms. The Bertz CT molecular complexity index is 1610. The second kappa shape index (κ2) is 11.5. The summed E-state index contributed by atoms with van der Waals surface area (Å²) in [4.78, 5) is 16.1. The van der Waals surface area contributed by atoms with Crippen molar-refractivity contribution in [3.63, 3.8) is 0 Å². The van der Waals surface area contributed by atoms with Crippen LogP contribution >= 0.6 is 11.3 Å². The molecule has 8 nitrogen and oxygen atoms in total. The standard InChI is InChI=1S/C30H35N3O5S2/c1-20-16-33(21(2)18-34)30(35)29-28(24-12-7-8-13-25(24)32(29)4)23-11-6-5-10-22(23)19-38-26(20)17-31(3)40(36,37)27-14-9-15-39-27/h5-15,20-21,26,34H,16-19H2,1-4H3/t20-,21-,26+/m0/s1. The largest absolute Gasteiger partial charge is 0.394 e. The van der Waals surface area contributed by atoms with Gasteiger partial charge in [-0.25, -0.2) is 8.42 Å². The summed E-state index contributed by atoms with van der Waals surface area (Å²) in [7, 11) is -0.226. The van der Waals surface area contributed by atoms with Crippen molar-refractivity contribution in [2.45, 2.75) is 36.8 Å². The molecule has 3 atom stereocenters. The summed E-state index contributed by atoms with van der Waals surface area (Å²) < 4.78 is 36.5. The van der Waals surface area contributed by atoms with Gasteiger partial charge in [0.05, 0.1) is 25.4 Å². The summed E-state index contributed by atoms with van der Waals surface area (Å²) in [5.74, 6) is -0.417. The third-order valence-electron chi connectivity index (χ3n) is 7.82. The van der Waals surface area contributed by atoms with E-state index in [-0.39, 0.29) is 42.3 Å². The minimum Gasteiger partial charge on any atom is -0.394 e. The molecule has 0 bridgehead atoms. The van der Waals surface area contributed by atoms with E-state index in [0.29, 0.717) is 5.69 Å². The molecular formula is C30H35N3O5S2. The van der Waals surface area contributed by atoms with Crippen LogP contribution in [0.25, 0.3) is 22.0 Å². The Balaban J connectivity index is 1.63. The van der Waals surface area contributed by atoms with E-state index in [9.17, 15) is 18.3 Å². The Morgan fingerprint density at radius 3 is 2.58 bits per heavy atom. The fourth-order valence-electron chi connectivity index (χ4n) is 5.44. The van der Waals surface area contributed by atoms with Crippen molar-refractivity contribution in [1.29, 1.82) is 0 Å². The Morgan fingerprint density at radius 1 is 1.12 bits per heavy atom. The molecule has 0 unspecified atom stereocenters. The maximum Gasteiger partial charge on any atom is 0.271 e. The van der Waals surface area contributed by atoms with Crippen LogP contribution in [0.15, 0.2) is 70.3 Å². The topological polar surface area (TPSA) is 92.1 Å². The fourth-order valence-corrected chi connectivity index (χ4v) is 7.82. The second-order valence-corrected chi connectivity index (χ2v) is 13.7. The number of carbonyl (C=O) groups excluding carboxylic acids is 1. The number of rotatable bonds is 6. The van der Waals surface area contributed by atoms with Crippen LogP contribution in [0.2, 0.25) is 0 Å². The van der Waals surface area contributed by atoms with Gasteiger partial charge in [-0.15, -0.1) is 11.3 Å². The number of hydrogen-bond acceptors (Lipinski definition) is 6. The average molecular weight is 582 g/mol. The van der Waals surface area contributed by atoms with Gasteiger partial charge in [0.25, 0.3) is 15.9 Å². The van der Waals surface area contributed by atoms with Gasteiger partial charge in [0, 0.05) is 49.6 Å². The predicted molar refractivity (Wildman–Crippen MR) is 158 cm³/mol. The number of thiophene rings is 1. The van der Waals surface area contributed by atoms with Crippen molar-refractivity contribution in [3.05, 3.63) is 77.3 Å². The van der Waals surface area contributed by atoms with E-state index in [1.807, 2.05) is 74.0 Å². The Kier molecular flexibility index (Phi) is 8.17. The zero-order valence-electron chi connectivity index (χ0n) is 23.1. The highest BCUT2D eigenvalue weighted by Crippen LogP contribution is 2.38. The predicted octanol–water partition coefficient (Wildman–Crippen LogP) is 4.59. The van der Waals surface area contributed by atoms with E-state index in [1.165, 1.54) is 15.6 Å². The highest BCUT2D eigenvalue weighted by atomic mass is 32.2. The maximum absolute atomic E-state index is 14.4. The number of para-hydroxylation sites is 1. The number of aliphatic hydroxyl groups excluding tert-OH is 1. The van der Waals surface area contributed by atoms with Gasteiger partial charge in [-0.05, 0) is 35.6 Å². The number of amides is 1. The van der Waals surface area contributed by atoms with Gasteiger partial charge in [0.2, 0.25) is 0 Å². The van der Waals surface area contributed by atoms with Gasteiger partial charge in [-0.2, -0.15) is 4.31 Å². The van der Waals surface area contributed by atoms with Crippen LogP contribution in [0.4, 0.5) is 0 Å². The summed E-state index contributed by atoms with van der Waals surface area (Å²) in [5.41, 5.74) is 4.14. The Morgan fingerprint density at radius 2 is 1.85 bits per heavy atom. The molecule has 3 heterocycles. The molecule has 0 radical (unpaired) electrons. The van der Waals surface area contributed by atoms with Crippen molar-refractivity contribution in [1.82, 2.24) is 13.8 Å². The molecular weight excluding hydrogens is 546 g/mol. The number of hydrogen-bond donors (Lipinski definition) is 1. The van der Waals surface area contributed by atoms with Crippen molar-refractivity contribution in [2.75, 3.05) is 26.7 Å². The first-order valence-electron chi connectivity index (χ1n) is 13.3. The van der Waals surface area contributed by atoms with Crippen LogP contribution < -0.4 is 0 Å². The van der Waals surface area contributed by atoms with E-state index >= 15 is 0 Å². The van der Waals surface area contributed by atoms with E-state index in [2.05, 4.69) is 0 Å². The molecule has 2 aromatic carbocycles. The molecule has 4 aromatic rings. The van der Waals surface area contributed by atoms with Crippen LogP contribution in [-0.4, -0.2) is 72.1 Å². The highest BCUT2D eigenvalue weighted by molar-refractivity contribution is 7.91. The zero-order chi connectivity index (χ0) is 28.6. The smallest absolute Gasteiger partial charge is 0.271 e. The maximum atomic E-state index is 14.4. The summed E-state index contributed by atoms with van der Waals surface area (Å²) in [6, 6.07) is 18.7. The minimum atomic E-state index is -3.69. The number of sulfonamides is 1. The quantitative estimate of drug-likeness (QED) is 0.360. The highest BCUT2D eigenvalue weighted by Gasteiger charge is 2.35. The lowest BCUT2D eigenvalue weighted by Gasteiger charge is -2.34. The average Bonchev–Trinajstić information content (AvgIpc) is 3.60.